The maximum atomic E-state index is 13.1. The van der Waals surface area contributed by atoms with Crippen LogP contribution in [0.25, 0.3) is 0 Å². The first-order valence-corrected chi connectivity index (χ1v) is 7.75. The largest absolute Gasteiger partial charge is 0.347 e. The Hall–Kier alpha value is -1.68. The first-order chi connectivity index (χ1) is 10.2. The third-order valence-corrected chi connectivity index (χ3v) is 3.78. The van der Waals surface area contributed by atoms with Crippen molar-refractivity contribution in [2.75, 3.05) is 0 Å². The van der Waals surface area contributed by atoms with Crippen molar-refractivity contribution in [2.24, 2.45) is 0 Å². The maximum absolute atomic E-state index is 13.1. The van der Waals surface area contributed by atoms with Crippen molar-refractivity contribution in [2.45, 2.75) is 51.6 Å². The minimum atomic E-state index is -0.189. The monoisotopic (exact) mass is 289 g/mol. The van der Waals surface area contributed by atoms with Crippen molar-refractivity contribution in [1.82, 2.24) is 15.3 Å². The number of benzene rings is 1. The first-order valence-electron chi connectivity index (χ1n) is 7.75. The predicted molar refractivity (Wildman–Crippen MR) is 83.4 cm³/mol. The molecule has 0 saturated carbocycles. The maximum Gasteiger partial charge on any atom is 0.123 e. The van der Waals surface area contributed by atoms with Gasteiger partial charge in [0.05, 0.1) is 6.04 Å². The van der Waals surface area contributed by atoms with Gasteiger partial charge in [-0.05, 0) is 30.5 Å². The second-order valence-electron chi connectivity index (χ2n) is 5.35. The Labute approximate surface area is 126 Å². The van der Waals surface area contributed by atoms with Crippen molar-refractivity contribution in [3.05, 3.63) is 53.9 Å². The van der Waals surface area contributed by atoms with Gasteiger partial charge in [-0.15, -0.1) is 0 Å². The predicted octanol–water partition coefficient (Wildman–Crippen LogP) is 4.52. The molecule has 21 heavy (non-hydrogen) atoms. The van der Waals surface area contributed by atoms with Crippen LogP contribution < -0.4 is 5.32 Å². The lowest BCUT2D eigenvalue weighted by atomic mass is 9.99. The van der Waals surface area contributed by atoms with E-state index < -0.39 is 0 Å². The SMILES string of the molecule is CCCCC(NC(CC)c1ncc[nH]1)c1ccc(F)cc1. The summed E-state index contributed by atoms with van der Waals surface area (Å²) in [5.74, 6) is 0.771. The second-order valence-corrected chi connectivity index (χ2v) is 5.35. The fourth-order valence-corrected chi connectivity index (χ4v) is 2.55. The van der Waals surface area contributed by atoms with E-state index >= 15 is 0 Å². The van der Waals surface area contributed by atoms with Crippen LogP contribution in [0, 0.1) is 5.82 Å². The molecule has 1 aromatic carbocycles. The first kappa shape index (κ1) is 15.7. The van der Waals surface area contributed by atoms with Gasteiger partial charge >= 0.3 is 0 Å². The van der Waals surface area contributed by atoms with E-state index in [2.05, 4.69) is 29.1 Å². The summed E-state index contributed by atoms with van der Waals surface area (Å²) in [5, 5.41) is 3.66. The molecule has 0 saturated heterocycles. The molecule has 2 N–H and O–H groups in total. The van der Waals surface area contributed by atoms with E-state index in [1.54, 1.807) is 6.20 Å². The summed E-state index contributed by atoms with van der Waals surface area (Å²) in [6.07, 6.45) is 7.91. The van der Waals surface area contributed by atoms with Gasteiger partial charge in [-0.25, -0.2) is 9.37 Å². The highest BCUT2D eigenvalue weighted by Gasteiger charge is 2.18. The van der Waals surface area contributed by atoms with Gasteiger partial charge in [-0.3, -0.25) is 0 Å². The summed E-state index contributed by atoms with van der Waals surface area (Å²) in [5.41, 5.74) is 1.13. The average molecular weight is 289 g/mol. The number of hydrogen-bond donors (Lipinski definition) is 2. The lowest BCUT2D eigenvalue weighted by Crippen LogP contribution is -2.27. The van der Waals surface area contributed by atoms with E-state index in [1.807, 2.05) is 18.3 Å². The Morgan fingerprint density at radius 2 is 1.95 bits per heavy atom. The molecule has 0 fully saturated rings. The zero-order valence-corrected chi connectivity index (χ0v) is 12.8. The van der Waals surface area contributed by atoms with Crippen molar-refractivity contribution in [3.63, 3.8) is 0 Å². The number of nitrogens with zero attached hydrogens (tertiary/aromatic N) is 1. The summed E-state index contributed by atoms with van der Waals surface area (Å²) in [6.45, 7) is 4.33. The topological polar surface area (TPSA) is 40.7 Å². The molecule has 2 atom stereocenters. The van der Waals surface area contributed by atoms with E-state index in [-0.39, 0.29) is 17.9 Å². The minimum Gasteiger partial charge on any atom is -0.347 e. The van der Waals surface area contributed by atoms with Crippen LogP contribution in [0.5, 0.6) is 0 Å². The molecule has 1 heterocycles. The molecule has 0 aliphatic carbocycles. The quantitative estimate of drug-likeness (QED) is 0.750. The van der Waals surface area contributed by atoms with Crippen LogP contribution in [0.3, 0.4) is 0 Å². The summed E-state index contributed by atoms with van der Waals surface area (Å²) in [6, 6.07) is 7.22. The van der Waals surface area contributed by atoms with Crippen molar-refractivity contribution in [1.29, 1.82) is 0 Å². The van der Waals surface area contributed by atoms with Gasteiger partial charge in [0.15, 0.2) is 0 Å². The van der Waals surface area contributed by atoms with Crippen molar-refractivity contribution < 1.29 is 4.39 Å². The van der Waals surface area contributed by atoms with Crippen LogP contribution in [0.15, 0.2) is 36.7 Å². The fraction of sp³-hybridized carbons (Fsp3) is 0.471. The van der Waals surface area contributed by atoms with Crippen LogP contribution in [0.4, 0.5) is 4.39 Å². The Morgan fingerprint density at radius 1 is 1.19 bits per heavy atom. The molecule has 0 amide bonds. The lowest BCUT2D eigenvalue weighted by molar-refractivity contribution is 0.396. The number of hydrogen-bond acceptors (Lipinski definition) is 2. The van der Waals surface area contributed by atoms with Crippen LogP contribution >= 0.6 is 0 Å². The molecule has 2 rings (SSSR count). The number of imidazole rings is 1. The van der Waals surface area contributed by atoms with Gasteiger partial charge in [0.2, 0.25) is 0 Å². The molecule has 0 spiro atoms. The van der Waals surface area contributed by atoms with Gasteiger partial charge in [0.1, 0.15) is 11.6 Å². The number of aromatic nitrogens is 2. The fourth-order valence-electron chi connectivity index (χ4n) is 2.55. The molecule has 0 bridgehead atoms. The van der Waals surface area contributed by atoms with Gasteiger partial charge in [0, 0.05) is 18.4 Å². The van der Waals surface area contributed by atoms with Gasteiger partial charge < -0.3 is 10.3 Å². The van der Waals surface area contributed by atoms with Crippen molar-refractivity contribution >= 4 is 0 Å². The zero-order chi connectivity index (χ0) is 15.1. The number of rotatable bonds is 8. The van der Waals surface area contributed by atoms with E-state index in [9.17, 15) is 4.39 Å². The normalized spacial score (nSPS) is 14.0. The standard InChI is InChI=1S/C17H24FN3/c1-3-5-6-16(13-7-9-14(18)10-8-13)21-15(4-2)17-19-11-12-20-17/h7-12,15-16,21H,3-6H2,1-2H3,(H,19,20). The van der Waals surface area contributed by atoms with E-state index in [1.165, 1.54) is 12.1 Å². The van der Waals surface area contributed by atoms with Crippen LogP contribution in [-0.2, 0) is 0 Å². The molecule has 4 heteroatoms. The van der Waals surface area contributed by atoms with Crippen LogP contribution in [0.1, 0.15) is 63.0 Å². The smallest absolute Gasteiger partial charge is 0.123 e. The third kappa shape index (κ3) is 4.39. The van der Waals surface area contributed by atoms with Crippen molar-refractivity contribution in [3.8, 4) is 0 Å². The summed E-state index contributed by atoms with van der Waals surface area (Å²) in [4.78, 5) is 7.53. The summed E-state index contributed by atoms with van der Waals surface area (Å²) in [7, 11) is 0. The molecular formula is C17H24FN3. The molecule has 0 aliphatic heterocycles. The van der Waals surface area contributed by atoms with Gasteiger partial charge in [0.25, 0.3) is 0 Å². The average Bonchev–Trinajstić information content (AvgIpc) is 3.03. The van der Waals surface area contributed by atoms with Gasteiger partial charge in [-0.2, -0.15) is 0 Å². The molecule has 1 aromatic heterocycles. The number of nitrogens with one attached hydrogen (secondary N) is 2. The Balaban J connectivity index is 2.13. The number of aromatic amines is 1. The van der Waals surface area contributed by atoms with E-state index in [4.69, 9.17) is 0 Å². The molecule has 114 valence electrons. The Kier molecular flexibility index (Phi) is 5.93. The van der Waals surface area contributed by atoms with Crippen LogP contribution in [0.2, 0.25) is 0 Å². The summed E-state index contributed by atoms with van der Waals surface area (Å²) < 4.78 is 13.1. The lowest BCUT2D eigenvalue weighted by Gasteiger charge is -2.24. The molecular weight excluding hydrogens is 265 g/mol. The van der Waals surface area contributed by atoms with Crippen LogP contribution in [-0.4, -0.2) is 9.97 Å². The molecule has 3 nitrogen and oxygen atoms in total. The molecule has 0 aliphatic rings. The van der Waals surface area contributed by atoms with Gasteiger partial charge in [-0.1, -0.05) is 38.8 Å². The number of unbranched alkanes of at least 4 members (excludes halogenated alkanes) is 1. The minimum absolute atomic E-state index is 0.187. The van der Waals surface area contributed by atoms with E-state index in [0.29, 0.717) is 0 Å². The number of halogens is 1. The highest BCUT2D eigenvalue weighted by atomic mass is 19.1. The Morgan fingerprint density at radius 3 is 2.52 bits per heavy atom. The summed E-state index contributed by atoms with van der Waals surface area (Å²) >= 11 is 0. The number of H-pyrrole nitrogens is 1. The second kappa shape index (κ2) is 7.93. The zero-order valence-electron chi connectivity index (χ0n) is 12.8. The molecule has 2 aromatic rings. The van der Waals surface area contributed by atoms with E-state index in [0.717, 1.165) is 37.1 Å². The highest BCUT2D eigenvalue weighted by molar-refractivity contribution is 5.20. The third-order valence-electron chi connectivity index (χ3n) is 3.78. The molecule has 0 radical (unpaired) electrons. The molecule has 2 unspecified atom stereocenters. The highest BCUT2D eigenvalue weighted by Crippen LogP contribution is 2.24. The Bertz CT molecular complexity index is 507.